The molecule has 0 aliphatic heterocycles. The van der Waals surface area contributed by atoms with E-state index in [9.17, 15) is 10.0 Å². The van der Waals surface area contributed by atoms with Gasteiger partial charge in [-0.3, -0.25) is 5.06 Å². The summed E-state index contributed by atoms with van der Waals surface area (Å²) >= 11 is 0. The quantitative estimate of drug-likeness (QED) is 0.851. The van der Waals surface area contributed by atoms with Crippen molar-refractivity contribution in [2.45, 2.75) is 13.2 Å². The average Bonchev–Trinajstić information content (AvgIpc) is 2.47. The maximum absolute atomic E-state index is 11.7. The number of carbonyl (C=O) groups is 1. The molecule has 2 rings (SSSR count). The van der Waals surface area contributed by atoms with Crippen molar-refractivity contribution in [2.75, 3.05) is 0 Å². The molecule has 19 heavy (non-hydrogen) atoms. The Labute approximate surface area is 111 Å². The summed E-state index contributed by atoms with van der Waals surface area (Å²) < 4.78 is 4.97. The van der Waals surface area contributed by atoms with Crippen molar-refractivity contribution in [1.82, 2.24) is 0 Å². The van der Waals surface area contributed by atoms with Gasteiger partial charge in [-0.25, -0.2) is 0 Å². The zero-order valence-electron chi connectivity index (χ0n) is 10.4. The summed E-state index contributed by atoms with van der Waals surface area (Å²) in [6.45, 7) is 0.203. The van der Waals surface area contributed by atoms with Gasteiger partial charge in [0, 0.05) is 5.56 Å². The van der Waals surface area contributed by atoms with Crippen molar-refractivity contribution in [2.24, 2.45) is 0 Å². The SMILES string of the molecule is O=C(OCc1ccccc1)[NH+]([O-])Cc1ccccc1. The Hall–Kier alpha value is -2.17. The van der Waals surface area contributed by atoms with Crippen LogP contribution in [0.5, 0.6) is 0 Å². The van der Waals surface area contributed by atoms with E-state index < -0.39 is 11.2 Å². The van der Waals surface area contributed by atoms with E-state index >= 15 is 0 Å². The van der Waals surface area contributed by atoms with Crippen molar-refractivity contribution in [1.29, 1.82) is 0 Å². The summed E-state index contributed by atoms with van der Waals surface area (Å²) in [7, 11) is 0. The molecule has 1 N–H and O–H groups in total. The van der Waals surface area contributed by atoms with Gasteiger partial charge in [-0.15, -0.1) is 0 Å². The minimum absolute atomic E-state index is 0.0778. The topological polar surface area (TPSA) is 53.8 Å². The zero-order chi connectivity index (χ0) is 13.5. The van der Waals surface area contributed by atoms with E-state index in [-0.39, 0.29) is 13.2 Å². The molecule has 1 amide bonds. The third-order valence-electron chi connectivity index (χ3n) is 2.65. The number of amides is 1. The lowest BCUT2D eigenvalue weighted by Crippen LogP contribution is -3.08. The van der Waals surface area contributed by atoms with Crippen LogP contribution in [0.4, 0.5) is 4.79 Å². The van der Waals surface area contributed by atoms with Crippen LogP contribution >= 0.6 is 0 Å². The molecular weight excluding hydrogens is 242 g/mol. The van der Waals surface area contributed by atoms with Crippen LogP contribution in [-0.2, 0) is 17.9 Å². The molecule has 0 saturated heterocycles. The van der Waals surface area contributed by atoms with Gasteiger partial charge < -0.3 is 9.94 Å². The minimum Gasteiger partial charge on any atom is -0.624 e. The summed E-state index contributed by atoms with van der Waals surface area (Å²) in [5.74, 6) is 0. The second kappa shape index (κ2) is 6.68. The molecule has 0 spiro atoms. The Morgan fingerprint density at radius 3 is 2.05 bits per heavy atom. The molecule has 0 heterocycles. The van der Waals surface area contributed by atoms with E-state index in [1.807, 2.05) is 60.7 Å². The summed E-state index contributed by atoms with van der Waals surface area (Å²) in [4.78, 5) is 11.5. The molecule has 1 atom stereocenters. The lowest BCUT2D eigenvalue weighted by Gasteiger charge is -2.18. The van der Waals surface area contributed by atoms with Crippen molar-refractivity contribution in [3.63, 3.8) is 0 Å². The molecule has 4 nitrogen and oxygen atoms in total. The first-order chi connectivity index (χ1) is 9.25. The number of benzene rings is 2. The number of ether oxygens (including phenoxy) is 1. The fourth-order valence-electron chi connectivity index (χ4n) is 1.66. The minimum atomic E-state index is -0.785. The summed E-state index contributed by atoms with van der Waals surface area (Å²) in [6.07, 6.45) is -0.785. The highest BCUT2D eigenvalue weighted by atomic mass is 16.6. The molecule has 0 aliphatic rings. The van der Waals surface area contributed by atoms with E-state index in [1.165, 1.54) is 0 Å². The fourth-order valence-corrected chi connectivity index (χ4v) is 1.66. The van der Waals surface area contributed by atoms with E-state index in [2.05, 4.69) is 0 Å². The smallest absolute Gasteiger partial charge is 0.515 e. The number of carbonyl (C=O) groups excluding carboxylic acids is 1. The Morgan fingerprint density at radius 2 is 1.47 bits per heavy atom. The van der Waals surface area contributed by atoms with Crippen molar-refractivity contribution < 1.29 is 14.6 Å². The first kappa shape index (κ1) is 13.3. The monoisotopic (exact) mass is 257 g/mol. The van der Waals surface area contributed by atoms with Gasteiger partial charge in [-0.2, -0.15) is 4.79 Å². The lowest BCUT2D eigenvalue weighted by atomic mass is 10.2. The molecule has 0 bridgehead atoms. The van der Waals surface area contributed by atoms with Crippen LogP contribution in [0.15, 0.2) is 60.7 Å². The number of hydrogen-bond donors (Lipinski definition) is 1. The number of nitrogens with one attached hydrogen (secondary N) is 1. The van der Waals surface area contributed by atoms with Gasteiger partial charge in [0.1, 0.15) is 13.2 Å². The van der Waals surface area contributed by atoms with Crippen molar-refractivity contribution in [3.05, 3.63) is 77.0 Å². The fraction of sp³-hybridized carbons (Fsp3) is 0.133. The third-order valence-corrected chi connectivity index (χ3v) is 2.65. The molecule has 2 aromatic carbocycles. The largest absolute Gasteiger partial charge is 0.624 e. The molecule has 0 fully saturated rings. The summed E-state index contributed by atoms with van der Waals surface area (Å²) in [6, 6.07) is 18.4. The van der Waals surface area contributed by atoms with Crippen LogP contribution in [0.3, 0.4) is 0 Å². The predicted molar refractivity (Wildman–Crippen MR) is 71.1 cm³/mol. The van der Waals surface area contributed by atoms with Crippen molar-refractivity contribution in [3.8, 4) is 0 Å². The van der Waals surface area contributed by atoms with Gasteiger partial charge in [0.25, 0.3) is 0 Å². The molecular formula is C15H15NO3. The normalized spacial score (nSPS) is 11.8. The van der Waals surface area contributed by atoms with Crippen LogP contribution in [0.1, 0.15) is 11.1 Å². The third kappa shape index (κ3) is 4.21. The van der Waals surface area contributed by atoms with E-state index in [4.69, 9.17) is 4.74 Å². The van der Waals surface area contributed by atoms with Gasteiger partial charge in [0.2, 0.25) is 0 Å². The molecule has 0 radical (unpaired) electrons. The molecule has 0 aliphatic carbocycles. The van der Waals surface area contributed by atoms with E-state index in [0.29, 0.717) is 0 Å². The van der Waals surface area contributed by atoms with Gasteiger partial charge in [-0.05, 0) is 5.56 Å². The van der Waals surface area contributed by atoms with Crippen LogP contribution in [0.2, 0.25) is 0 Å². The first-order valence-corrected chi connectivity index (χ1v) is 6.03. The predicted octanol–water partition coefficient (Wildman–Crippen LogP) is 1.91. The van der Waals surface area contributed by atoms with Gasteiger partial charge in [0.05, 0.1) is 0 Å². The Balaban J connectivity index is 1.83. The highest BCUT2D eigenvalue weighted by molar-refractivity contribution is 5.57. The number of hydroxylamine groups is 2. The molecule has 2 aromatic rings. The number of quaternary nitrogens is 1. The van der Waals surface area contributed by atoms with Crippen LogP contribution < -0.4 is 5.06 Å². The maximum Gasteiger partial charge on any atom is 0.515 e. The standard InChI is InChI=1S/C15H15NO3/c17-15(19-12-14-9-5-2-6-10-14)16(18)11-13-7-3-1-4-8-13/h1-10,16H,11-12H2. The number of hydrogen-bond acceptors (Lipinski definition) is 3. The van der Waals surface area contributed by atoms with E-state index in [0.717, 1.165) is 11.1 Å². The Kier molecular flexibility index (Phi) is 4.66. The zero-order valence-corrected chi connectivity index (χ0v) is 10.4. The molecule has 0 saturated carbocycles. The second-order valence-corrected chi connectivity index (χ2v) is 4.15. The van der Waals surface area contributed by atoms with Crippen LogP contribution in [0.25, 0.3) is 0 Å². The van der Waals surface area contributed by atoms with Gasteiger partial charge in [-0.1, -0.05) is 60.7 Å². The van der Waals surface area contributed by atoms with E-state index in [1.54, 1.807) is 0 Å². The highest BCUT2D eigenvalue weighted by Gasteiger charge is 2.13. The number of rotatable bonds is 4. The van der Waals surface area contributed by atoms with Crippen LogP contribution in [0, 0.1) is 5.21 Å². The summed E-state index contributed by atoms with van der Waals surface area (Å²) in [5.41, 5.74) is 1.67. The Morgan fingerprint density at radius 1 is 0.947 bits per heavy atom. The molecule has 98 valence electrons. The summed E-state index contributed by atoms with van der Waals surface area (Å²) in [5, 5.41) is 11.1. The van der Waals surface area contributed by atoms with Gasteiger partial charge in [0.15, 0.2) is 0 Å². The molecule has 4 heteroatoms. The Bertz CT molecular complexity index is 513. The highest BCUT2D eigenvalue weighted by Crippen LogP contribution is 2.00. The lowest BCUT2D eigenvalue weighted by molar-refractivity contribution is -0.784. The van der Waals surface area contributed by atoms with Crippen LogP contribution in [-0.4, -0.2) is 6.09 Å². The molecule has 1 unspecified atom stereocenters. The van der Waals surface area contributed by atoms with Crippen molar-refractivity contribution >= 4 is 6.09 Å². The molecule has 0 aromatic heterocycles. The maximum atomic E-state index is 11.7. The van der Waals surface area contributed by atoms with Gasteiger partial charge >= 0.3 is 6.09 Å². The first-order valence-electron chi connectivity index (χ1n) is 6.03. The average molecular weight is 257 g/mol. The second-order valence-electron chi connectivity index (χ2n) is 4.15. The number of alkyl carbamates (subject to hydrolysis) is 1.